The van der Waals surface area contributed by atoms with Gasteiger partial charge >= 0.3 is 0 Å². The highest BCUT2D eigenvalue weighted by Gasteiger charge is 2.45. The van der Waals surface area contributed by atoms with Crippen LogP contribution in [0.15, 0.2) is 0 Å². The first-order valence-electron chi connectivity index (χ1n) is 6.62. The lowest BCUT2D eigenvalue weighted by molar-refractivity contribution is 0.196. The van der Waals surface area contributed by atoms with Gasteiger partial charge in [0.05, 0.1) is 0 Å². The Balaban J connectivity index is 1.71. The van der Waals surface area contributed by atoms with Gasteiger partial charge in [0.2, 0.25) is 0 Å². The lowest BCUT2D eigenvalue weighted by Gasteiger charge is -2.35. The molecule has 0 spiro atoms. The summed E-state index contributed by atoms with van der Waals surface area (Å²) >= 11 is 0. The van der Waals surface area contributed by atoms with Crippen LogP contribution >= 0.6 is 0 Å². The first kappa shape index (κ1) is 11.4. The topological polar surface area (TPSA) is 12.0 Å². The quantitative estimate of drug-likeness (QED) is 0.749. The van der Waals surface area contributed by atoms with Crippen LogP contribution in [-0.2, 0) is 0 Å². The average molecular weight is 209 g/mol. The predicted octanol–water partition coefficient (Wildman–Crippen LogP) is 3.59. The smallest absolute Gasteiger partial charge is 0.00722 e. The number of hydrogen-bond donors (Lipinski definition) is 1. The van der Waals surface area contributed by atoms with Gasteiger partial charge in [0.1, 0.15) is 0 Å². The number of hydrogen-bond acceptors (Lipinski definition) is 1. The summed E-state index contributed by atoms with van der Waals surface area (Å²) in [5.74, 6) is 0.947. The van der Waals surface area contributed by atoms with Gasteiger partial charge in [-0.1, -0.05) is 34.1 Å². The van der Waals surface area contributed by atoms with Crippen LogP contribution in [0.2, 0.25) is 0 Å². The van der Waals surface area contributed by atoms with Crippen LogP contribution in [0.25, 0.3) is 0 Å². The molecule has 2 unspecified atom stereocenters. The van der Waals surface area contributed by atoms with E-state index in [9.17, 15) is 0 Å². The second kappa shape index (κ2) is 3.76. The highest BCUT2D eigenvalue weighted by Crippen LogP contribution is 2.51. The van der Waals surface area contributed by atoms with Crippen molar-refractivity contribution in [3.8, 4) is 0 Å². The maximum absolute atomic E-state index is 3.79. The fourth-order valence-corrected chi connectivity index (χ4v) is 3.11. The van der Waals surface area contributed by atoms with Crippen LogP contribution in [0, 0.1) is 16.7 Å². The second-order valence-electron chi connectivity index (χ2n) is 7.26. The zero-order valence-corrected chi connectivity index (χ0v) is 10.9. The van der Waals surface area contributed by atoms with Crippen molar-refractivity contribution in [3.05, 3.63) is 0 Å². The van der Waals surface area contributed by atoms with Crippen molar-refractivity contribution >= 4 is 0 Å². The summed E-state index contributed by atoms with van der Waals surface area (Å²) in [5, 5.41) is 3.79. The summed E-state index contributed by atoms with van der Waals surface area (Å²) in [6.45, 7) is 10.9. The molecule has 2 atom stereocenters. The van der Waals surface area contributed by atoms with Crippen LogP contribution < -0.4 is 5.32 Å². The van der Waals surface area contributed by atoms with E-state index < -0.39 is 0 Å². The van der Waals surface area contributed by atoms with Crippen molar-refractivity contribution in [1.82, 2.24) is 5.32 Å². The summed E-state index contributed by atoms with van der Waals surface area (Å²) in [6, 6.07) is 0.796. The highest BCUT2D eigenvalue weighted by atomic mass is 14.9. The first-order chi connectivity index (χ1) is 6.89. The summed E-state index contributed by atoms with van der Waals surface area (Å²) in [4.78, 5) is 0. The third-order valence-electron chi connectivity index (χ3n) is 4.58. The molecular formula is C14H27N. The van der Waals surface area contributed by atoms with Crippen molar-refractivity contribution < 1.29 is 0 Å². The van der Waals surface area contributed by atoms with Gasteiger partial charge < -0.3 is 5.32 Å². The summed E-state index contributed by atoms with van der Waals surface area (Å²) in [6.07, 6.45) is 7.03. The second-order valence-corrected chi connectivity index (χ2v) is 7.26. The molecule has 0 heterocycles. The molecule has 0 aliphatic heterocycles. The molecule has 0 amide bonds. The van der Waals surface area contributed by atoms with Crippen LogP contribution in [0.1, 0.15) is 59.8 Å². The van der Waals surface area contributed by atoms with Gasteiger partial charge in [-0.15, -0.1) is 0 Å². The molecule has 2 aliphatic carbocycles. The Morgan fingerprint density at radius 1 is 1.13 bits per heavy atom. The molecule has 0 aromatic carbocycles. The van der Waals surface area contributed by atoms with Gasteiger partial charge in [-0.3, -0.25) is 0 Å². The van der Waals surface area contributed by atoms with Gasteiger partial charge in [-0.2, -0.15) is 0 Å². The Bertz CT molecular complexity index is 229. The van der Waals surface area contributed by atoms with Crippen LogP contribution in [0.5, 0.6) is 0 Å². The van der Waals surface area contributed by atoms with Crippen LogP contribution in [-0.4, -0.2) is 12.6 Å². The van der Waals surface area contributed by atoms with Crippen molar-refractivity contribution in [2.24, 2.45) is 16.7 Å². The zero-order chi connectivity index (χ0) is 11.1. The Labute approximate surface area is 95.0 Å². The molecule has 2 aliphatic rings. The van der Waals surface area contributed by atoms with Crippen molar-refractivity contribution in [3.63, 3.8) is 0 Å². The molecular weight excluding hydrogens is 182 g/mol. The zero-order valence-electron chi connectivity index (χ0n) is 10.9. The van der Waals surface area contributed by atoms with Gasteiger partial charge in [0, 0.05) is 6.04 Å². The molecule has 0 bridgehead atoms. The van der Waals surface area contributed by atoms with E-state index in [4.69, 9.17) is 0 Å². The monoisotopic (exact) mass is 209 g/mol. The lowest BCUT2D eigenvalue weighted by atomic mass is 9.75. The minimum absolute atomic E-state index is 0.578. The van der Waals surface area contributed by atoms with E-state index in [1.807, 2.05) is 0 Å². The van der Waals surface area contributed by atoms with Crippen molar-refractivity contribution in [2.45, 2.75) is 65.8 Å². The van der Waals surface area contributed by atoms with Gasteiger partial charge in [-0.05, 0) is 49.0 Å². The van der Waals surface area contributed by atoms with E-state index >= 15 is 0 Å². The fourth-order valence-electron chi connectivity index (χ4n) is 3.11. The van der Waals surface area contributed by atoms with E-state index in [2.05, 4.69) is 33.0 Å². The molecule has 15 heavy (non-hydrogen) atoms. The minimum Gasteiger partial charge on any atom is -0.314 e. The predicted molar refractivity (Wildman–Crippen MR) is 65.9 cm³/mol. The highest BCUT2D eigenvalue weighted by molar-refractivity contribution is 4.97. The summed E-state index contributed by atoms with van der Waals surface area (Å²) in [5.41, 5.74) is 1.21. The molecule has 2 fully saturated rings. The third kappa shape index (κ3) is 2.96. The largest absolute Gasteiger partial charge is 0.314 e. The van der Waals surface area contributed by atoms with E-state index in [1.54, 1.807) is 0 Å². The Kier molecular flexibility index (Phi) is 2.87. The molecule has 2 saturated carbocycles. The molecule has 0 saturated heterocycles. The molecule has 88 valence electrons. The molecule has 0 aromatic heterocycles. The normalized spacial score (nSPS) is 37.6. The third-order valence-corrected chi connectivity index (χ3v) is 4.58. The Morgan fingerprint density at radius 3 is 2.33 bits per heavy atom. The Hall–Kier alpha value is -0.0400. The SMILES string of the molecule is CC1(C)CCCC(NCC2CC2(C)C)C1. The molecule has 1 heteroatoms. The molecule has 2 rings (SSSR count). The summed E-state index contributed by atoms with van der Waals surface area (Å²) < 4.78 is 0. The molecule has 0 aromatic rings. The molecule has 1 N–H and O–H groups in total. The van der Waals surface area contributed by atoms with Crippen molar-refractivity contribution in [1.29, 1.82) is 0 Å². The average Bonchev–Trinajstić information content (AvgIpc) is 2.69. The van der Waals surface area contributed by atoms with Crippen molar-refractivity contribution in [2.75, 3.05) is 6.54 Å². The van der Waals surface area contributed by atoms with E-state index in [1.165, 1.54) is 38.6 Å². The van der Waals surface area contributed by atoms with Crippen LogP contribution in [0.4, 0.5) is 0 Å². The van der Waals surface area contributed by atoms with Gasteiger partial charge in [0.25, 0.3) is 0 Å². The summed E-state index contributed by atoms with van der Waals surface area (Å²) in [7, 11) is 0. The standard InChI is InChI=1S/C14H27N/c1-13(2)7-5-6-12(9-13)15-10-11-8-14(11,3)4/h11-12,15H,5-10H2,1-4H3. The fraction of sp³-hybridized carbons (Fsp3) is 1.00. The number of rotatable bonds is 3. The minimum atomic E-state index is 0.578. The Morgan fingerprint density at radius 2 is 1.80 bits per heavy atom. The van der Waals surface area contributed by atoms with E-state index in [-0.39, 0.29) is 0 Å². The maximum Gasteiger partial charge on any atom is 0.00722 e. The van der Waals surface area contributed by atoms with Gasteiger partial charge in [0.15, 0.2) is 0 Å². The first-order valence-corrected chi connectivity index (χ1v) is 6.62. The van der Waals surface area contributed by atoms with E-state index in [0.29, 0.717) is 10.8 Å². The maximum atomic E-state index is 3.79. The van der Waals surface area contributed by atoms with E-state index in [0.717, 1.165) is 12.0 Å². The number of nitrogens with one attached hydrogen (secondary N) is 1. The van der Waals surface area contributed by atoms with Crippen LogP contribution in [0.3, 0.4) is 0 Å². The molecule has 0 radical (unpaired) electrons. The van der Waals surface area contributed by atoms with Gasteiger partial charge in [-0.25, -0.2) is 0 Å². The lowest BCUT2D eigenvalue weighted by Crippen LogP contribution is -2.38. The molecule has 1 nitrogen and oxygen atoms in total.